The van der Waals surface area contributed by atoms with Crippen LogP contribution in [0.25, 0.3) is 0 Å². The molecule has 2 aliphatic heterocycles. The monoisotopic (exact) mass is 353 g/mol. The van der Waals surface area contributed by atoms with Gasteiger partial charge in [-0.3, -0.25) is 0 Å². The number of anilines is 3. The molecule has 2 aromatic heterocycles. The predicted octanol–water partition coefficient (Wildman–Crippen LogP) is 2.14. The van der Waals surface area contributed by atoms with Crippen molar-refractivity contribution in [2.24, 2.45) is 5.92 Å². The Morgan fingerprint density at radius 3 is 2.08 bits per heavy atom. The summed E-state index contributed by atoms with van der Waals surface area (Å²) in [4.78, 5) is 25.2. The molecule has 0 spiro atoms. The lowest BCUT2D eigenvalue weighted by molar-refractivity contribution is 0.436. The van der Waals surface area contributed by atoms with E-state index < -0.39 is 0 Å². The first kappa shape index (κ1) is 17.0. The Labute approximate surface area is 155 Å². The smallest absolute Gasteiger partial charge is 0.227 e. The molecule has 0 bridgehead atoms. The topological polar surface area (TPSA) is 61.3 Å². The van der Waals surface area contributed by atoms with Crippen molar-refractivity contribution in [3.05, 3.63) is 30.2 Å². The third kappa shape index (κ3) is 3.71. The van der Waals surface area contributed by atoms with Gasteiger partial charge in [0.25, 0.3) is 0 Å². The molecule has 4 heterocycles. The molecule has 0 saturated carbocycles. The normalized spacial score (nSPS) is 19.1. The van der Waals surface area contributed by atoms with Crippen molar-refractivity contribution in [2.75, 3.05) is 54.0 Å². The summed E-state index contributed by atoms with van der Waals surface area (Å²) in [5.41, 5.74) is 1.04. The number of aryl methyl sites for hydroxylation is 1. The Morgan fingerprint density at radius 2 is 1.42 bits per heavy atom. The molecule has 138 valence electrons. The number of aromatic nitrogens is 4. The van der Waals surface area contributed by atoms with Crippen LogP contribution in [0.15, 0.2) is 24.5 Å². The Morgan fingerprint density at radius 1 is 0.808 bits per heavy atom. The van der Waals surface area contributed by atoms with Crippen LogP contribution in [0.1, 0.15) is 25.5 Å². The van der Waals surface area contributed by atoms with Crippen molar-refractivity contribution >= 4 is 17.7 Å². The third-order valence-electron chi connectivity index (χ3n) is 5.33. The van der Waals surface area contributed by atoms with E-state index in [1.165, 1.54) is 12.8 Å². The maximum Gasteiger partial charge on any atom is 0.227 e. The van der Waals surface area contributed by atoms with Gasteiger partial charge in [-0.25, -0.2) is 15.0 Å². The summed E-state index contributed by atoms with van der Waals surface area (Å²) >= 11 is 0. The van der Waals surface area contributed by atoms with Crippen molar-refractivity contribution in [3.8, 4) is 0 Å². The van der Waals surface area contributed by atoms with Gasteiger partial charge >= 0.3 is 0 Å². The first-order valence-electron chi connectivity index (χ1n) is 9.56. The van der Waals surface area contributed by atoms with Gasteiger partial charge in [0.05, 0.1) is 0 Å². The van der Waals surface area contributed by atoms with Gasteiger partial charge in [0.1, 0.15) is 5.82 Å². The third-order valence-corrected chi connectivity index (χ3v) is 5.33. The fourth-order valence-electron chi connectivity index (χ4n) is 3.64. The number of hydrogen-bond acceptors (Lipinski definition) is 7. The summed E-state index contributed by atoms with van der Waals surface area (Å²) in [6.45, 7) is 10.1. The largest absolute Gasteiger partial charge is 0.356 e. The molecule has 4 rings (SSSR count). The second kappa shape index (κ2) is 7.43. The Bertz CT molecular complexity index is 720. The van der Waals surface area contributed by atoms with Crippen LogP contribution in [0.5, 0.6) is 0 Å². The van der Waals surface area contributed by atoms with Crippen LogP contribution in [0.4, 0.5) is 17.7 Å². The first-order chi connectivity index (χ1) is 12.7. The highest BCUT2D eigenvalue weighted by molar-refractivity contribution is 5.47. The number of hydrogen-bond donors (Lipinski definition) is 0. The van der Waals surface area contributed by atoms with Crippen molar-refractivity contribution in [1.29, 1.82) is 0 Å². The van der Waals surface area contributed by atoms with E-state index in [-0.39, 0.29) is 0 Å². The molecule has 7 heteroatoms. The van der Waals surface area contributed by atoms with Crippen LogP contribution in [0, 0.1) is 12.8 Å². The van der Waals surface area contributed by atoms with E-state index >= 15 is 0 Å². The molecule has 2 saturated heterocycles. The van der Waals surface area contributed by atoms with Crippen LogP contribution in [-0.4, -0.2) is 59.2 Å². The molecular formula is C19H27N7. The molecule has 26 heavy (non-hydrogen) atoms. The predicted molar refractivity (Wildman–Crippen MR) is 104 cm³/mol. The van der Waals surface area contributed by atoms with Gasteiger partial charge in [-0.2, -0.15) is 4.98 Å². The number of nitrogens with zero attached hydrogens (tertiary/aromatic N) is 7. The summed E-state index contributed by atoms with van der Waals surface area (Å²) in [7, 11) is 0. The van der Waals surface area contributed by atoms with Gasteiger partial charge in [0.15, 0.2) is 0 Å². The standard InChI is InChI=1S/C19H27N7/c1-15-4-8-24(9-5-15)17-14-16(2)22-19(23-17)26-12-10-25(11-13-26)18-20-6-3-7-21-18/h3,6-7,14-15H,4-5,8-13H2,1-2H3. The molecule has 0 unspecified atom stereocenters. The number of rotatable bonds is 3. The Hall–Kier alpha value is -2.44. The van der Waals surface area contributed by atoms with E-state index in [0.717, 1.165) is 68.6 Å². The number of piperidine rings is 1. The molecule has 0 aromatic carbocycles. The van der Waals surface area contributed by atoms with E-state index in [4.69, 9.17) is 9.97 Å². The van der Waals surface area contributed by atoms with Crippen LogP contribution in [0.2, 0.25) is 0 Å². The maximum absolute atomic E-state index is 4.89. The molecule has 2 fully saturated rings. The lowest BCUT2D eigenvalue weighted by Crippen LogP contribution is -2.47. The van der Waals surface area contributed by atoms with Gasteiger partial charge < -0.3 is 14.7 Å². The zero-order chi connectivity index (χ0) is 17.9. The lowest BCUT2D eigenvalue weighted by Gasteiger charge is -2.36. The van der Waals surface area contributed by atoms with E-state index in [9.17, 15) is 0 Å². The minimum Gasteiger partial charge on any atom is -0.356 e. The summed E-state index contributed by atoms with van der Waals surface area (Å²) in [6.07, 6.45) is 6.08. The molecule has 7 nitrogen and oxygen atoms in total. The summed E-state index contributed by atoms with van der Waals surface area (Å²) in [5, 5.41) is 0. The minimum absolute atomic E-state index is 0.806. The zero-order valence-corrected chi connectivity index (χ0v) is 15.7. The average Bonchev–Trinajstić information content (AvgIpc) is 2.69. The van der Waals surface area contributed by atoms with Crippen molar-refractivity contribution < 1.29 is 0 Å². The van der Waals surface area contributed by atoms with Crippen LogP contribution in [0.3, 0.4) is 0 Å². The quantitative estimate of drug-likeness (QED) is 0.838. The van der Waals surface area contributed by atoms with E-state index in [1.54, 1.807) is 12.4 Å². The maximum atomic E-state index is 4.89. The van der Waals surface area contributed by atoms with Crippen molar-refractivity contribution in [2.45, 2.75) is 26.7 Å². The first-order valence-corrected chi connectivity index (χ1v) is 9.56. The van der Waals surface area contributed by atoms with E-state index in [2.05, 4.69) is 44.6 Å². The van der Waals surface area contributed by atoms with Crippen LogP contribution < -0.4 is 14.7 Å². The molecule has 0 atom stereocenters. The van der Waals surface area contributed by atoms with Gasteiger partial charge in [0, 0.05) is 63.4 Å². The Balaban J connectivity index is 1.45. The van der Waals surface area contributed by atoms with Gasteiger partial charge in [-0.15, -0.1) is 0 Å². The lowest BCUT2D eigenvalue weighted by atomic mass is 9.99. The van der Waals surface area contributed by atoms with Crippen molar-refractivity contribution in [1.82, 2.24) is 19.9 Å². The minimum atomic E-state index is 0.806. The highest BCUT2D eigenvalue weighted by atomic mass is 15.4. The molecule has 2 aromatic rings. The SMILES string of the molecule is Cc1cc(N2CCC(C)CC2)nc(N2CCN(c3ncccn3)CC2)n1. The van der Waals surface area contributed by atoms with Crippen molar-refractivity contribution in [3.63, 3.8) is 0 Å². The molecular weight excluding hydrogens is 326 g/mol. The molecule has 2 aliphatic rings. The van der Waals surface area contributed by atoms with E-state index in [0.29, 0.717) is 0 Å². The molecule has 0 aliphatic carbocycles. The summed E-state index contributed by atoms with van der Waals surface area (Å²) in [5.74, 6) is 3.56. The second-order valence-corrected chi connectivity index (χ2v) is 7.36. The average molecular weight is 353 g/mol. The number of piperazine rings is 1. The Kier molecular flexibility index (Phi) is 4.86. The second-order valence-electron chi connectivity index (χ2n) is 7.36. The van der Waals surface area contributed by atoms with Crippen LogP contribution >= 0.6 is 0 Å². The highest BCUT2D eigenvalue weighted by Gasteiger charge is 2.23. The van der Waals surface area contributed by atoms with Crippen LogP contribution in [-0.2, 0) is 0 Å². The van der Waals surface area contributed by atoms with Gasteiger partial charge in [-0.05, 0) is 31.7 Å². The highest BCUT2D eigenvalue weighted by Crippen LogP contribution is 2.24. The summed E-state index contributed by atoms with van der Waals surface area (Å²) in [6, 6.07) is 3.97. The fraction of sp³-hybridized carbons (Fsp3) is 0.579. The summed E-state index contributed by atoms with van der Waals surface area (Å²) < 4.78 is 0. The molecule has 0 amide bonds. The molecule has 0 radical (unpaired) electrons. The van der Waals surface area contributed by atoms with E-state index in [1.807, 2.05) is 6.07 Å². The molecule has 0 N–H and O–H groups in total. The zero-order valence-electron chi connectivity index (χ0n) is 15.7. The fourth-order valence-corrected chi connectivity index (χ4v) is 3.64. The van der Waals surface area contributed by atoms with Gasteiger partial charge in [0.2, 0.25) is 11.9 Å². The van der Waals surface area contributed by atoms with Gasteiger partial charge in [-0.1, -0.05) is 6.92 Å².